The summed E-state index contributed by atoms with van der Waals surface area (Å²) in [5.74, 6) is 0.0635. The minimum Gasteiger partial charge on any atom is -0.383 e. The molecular weight excluding hydrogens is 404 g/mol. The molecule has 3 aromatic rings. The van der Waals surface area contributed by atoms with Gasteiger partial charge in [0.05, 0.1) is 17.9 Å². The van der Waals surface area contributed by atoms with Crippen LogP contribution in [0.15, 0.2) is 58.8 Å². The number of nitrogens with one attached hydrogen (secondary N) is 2. The number of benzene rings is 2. The van der Waals surface area contributed by atoms with Gasteiger partial charge in [0, 0.05) is 29.8 Å². The lowest BCUT2D eigenvalue weighted by molar-refractivity contribution is -0.118. The molecule has 0 radical (unpaired) electrons. The minimum atomic E-state index is -0.118. The molecule has 2 N–H and O–H groups in total. The summed E-state index contributed by atoms with van der Waals surface area (Å²) in [5.41, 5.74) is 1.85. The molecule has 0 spiro atoms. The van der Waals surface area contributed by atoms with Gasteiger partial charge in [0.2, 0.25) is 5.91 Å². The second kappa shape index (κ2) is 11.0. The molecule has 152 valence electrons. The number of carbonyl (C=O) groups is 2. The van der Waals surface area contributed by atoms with Crippen molar-refractivity contribution in [2.45, 2.75) is 11.3 Å². The van der Waals surface area contributed by atoms with Gasteiger partial charge in [-0.05, 0) is 40.9 Å². The van der Waals surface area contributed by atoms with E-state index in [1.807, 2.05) is 30.3 Å². The van der Waals surface area contributed by atoms with Crippen LogP contribution in [-0.2, 0) is 16.0 Å². The van der Waals surface area contributed by atoms with Crippen molar-refractivity contribution in [1.29, 1.82) is 0 Å². The van der Waals surface area contributed by atoms with E-state index in [9.17, 15) is 9.59 Å². The highest BCUT2D eigenvalue weighted by Crippen LogP contribution is 2.26. The van der Waals surface area contributed by atoms with Crippen LogP contribution in [0.2, 0.25) is 0 Å². The summed E-state index contributed by atoms with van der Waals surface area (Å²) in [7, 11) is 1.59. The maximum absolute atomic E-state index is 12.7. The van der Waals surface area contributed by atoms with Crippen LogP contribution < -0.4 is 10.6 Å². The van der Waals surface area contributed by atoms with Crippen molar-refractivity contribution < 1.29 is 14.3 Å². The SMILES string of the molecule is COCCNC(=O)CSc1ccccc1C(=O)NCCc1csc2ccccc12. The zero-order valence-corrected chi connectivity index (χ0v) is 17.9. The van der Waals surface area contributed by atoms with Crippen molar-refractivity contribution >= 4 is 45.0 Å². The van der Waals surface area contributed by atoms with E-state index in [1.54, 1.807) is 24.5 Å². The molecule has 0 fully saturated rings. The van der Waals surface area contributed by atoms with Crippen LogP contribution in [0.5, 0.6) is 0 Å². The number of rotatable bonds is 10. The molecule has 0 aliphatic carbocycles. The van der Waals surface area contributed by atoms with Crippen molar-refractivity contribution in [1.82, 2.24) is 10.6 Å². The molecule has 0 unspecified atom stereocenters. The van der Waals surface area contributed by atoms with Crippen LogP contribution in [-0.4, -0.2) is 44.4 Å². The van der Waals surface area contributed by atoms with E-state index in [-0.39, 0.29) is 17.6 Å². The molecule has 7 heteroatoms. The largest absolute Gasteiger partial charge is 0.383 e. The molecule has 5 nitrogen and oxygen atoms in total. The molecule has 29 heavy (non-hydrogen) atoms. The average molecular weight is 429 g/mol. The highest BCUT2D eigenvalue weighted by Gasteiger charge is 2.13. The Morgan fingerprint density at radius 3 is 2.69 bits per heavy atom. The third-order valence-electron chi connectivity index (χ3n) is 4.36. The molecule has 1 heterocycles. The zero-order valence-electron chi connectivity index (χ0n) is 16.3. The molecule has 0 saturated carbocycles. The Morgan fingerprint density at radius 2 is 1.83 bits per heavy atom. The van der Waals surface area contributed by atoms with E-state index < -0.39 is 0 Å². The molecular formula is C22H24N2O3S2. The summed E-state index contributed by atoms with van der Waals surface area (Å²) >= 11 is 3.09. The Hall–Kier alpha value is -2.35. The highest BCUT2D eigenvalue weighted by molar-refractivity contribution is 8.00. The maximum atomic E-state index is 12.7. The van der Waals surface area contributed by atoms with Crippen molar-refractivity contribution in [3.63, 3.8) is 0 Å². The first-order chi connectivity index (χ1) is 14.2. The van der Waals surface area contributed by atoms with Gasteiger partial charge in [0.1, 0.15) is 0 Å². The average Bonchev–Trinajstić information content (AvgIpc) is 3.16. The number of amides is 2. The van der Waals surface area contributed by atoms with Gasteiger partial charge in [-0.1, -0.05) is 30.3 Å². The number of hydrogen-bond donors (Lipinski definition) is 2. The molecule has 0 bridgehead atoms. The van der Waals surface area contributed by atoms with E-state index in [2.05, 4.69) is 28.1 Å². The fourth-order valence-electron chi connectivity index (χ4n) is 2.90. The lowest BCUT2D eigenvalue weighted by Gasteiger charge is -2.10. The number of hydrogen-bond acceptors (Lipinski definition) is 5. The lowest BCUT2D eigenvalue weighted by Crippen LogP contribution is -2.29. The Bertz CT molecular complexity index is 971. The van der Waals surface area contributed by atoms with E-state index in [0.29, 0.717) is 25.3 Å². The first-order valence-electron chi connectivity index (χ1n) is 9.40. The van der Waals surface area contributed by atoms with Crippen LogP contribution in [0, 0.1) is 0 Å². The fourth-order valence-corrected chi connectivity index (χ4v) is 4.78. The van der Waals surface area contributed by atoms with Gasteiger partial charge in [0.15, 0.2) is 0 Å². The monoisotopic (exact) mass is 428 g/mol. The summed E-state index contributed by atoms with van der Waals surface area (Å²) in [6, 6.07) is 15.7. The number of carbonyl (C=O) groups excluding carboxylic acids is 2. The van der Waals surface area contributed by atoms with Crippen molar-refractivity contribution in [3.8, 4) is 0 Å². The third-order valence-corrected chi connectivity index (χ3v) is 6.45. The molecule has 0 aliphatic heterocycles. The first-order valence-corrected chi connectivity index (χ1v) is 11.3. The number of ether oxygens (including phenoxy) is 1. The summed E-state index contributed by atoms with van der Waals surface area (Å²) < 4.78 is 6.18. The Balaban J connectivity index is 1.53. The zero-order chi connectivity index (χ0) is 20.5. The van der Waals surface area contributed by atoms with Gasteiger partial charge in [-0.25, -0.2) is 0 Å². The van der Waals surface area contributed by atoms with Crippen molar-refractivity contribution in [3.05, 3.63) is 65.0 Å². The van der Waals surface area contributed by atoms with Gasteiger partial charge in [-0.15, -0.1) is 23.1 Å². The van der Waals surface area contributed by atoms with Crippen molar-refractivity contribution in [2.24, 2.45) is 0 Å². The van der Waals surface area contributed by atoms with Crippen LogP contribution in [0.3, 0.4) is 0 Å². The molecule has 0 atom stereocenters. The maximum Gasteiger partial charge on any atom is 0.252 e. The van der Waals surface area contributed by atoms with E-state index >= 15 is 0 Å². The van der Waals surface area contributed by atoms with Gasteiger partial charge in [0.25, 0.3) is 5.91 Å². The normalized spacial score (nSPS) is 10.8. The molecule has 3 rings (SSSR count). The number of methoxy groups -OCH3 is 1. The quantitative estimate of drug-likeness (QED) is 0.381. The van der Waals surface area contributed by atoms with Crippen molar-refractivity contribution in [2.75, 3.05) is 32.6 Å². The fraction of sp³-hybridized carbons (Fsp3) is 0.273. The first kappa shape index (κ1) is 21.4. The lowest BCUT2D eigenvalue weighted by atomic mass is 10.1. The van der Waals surface area contributed by atoms with Crippen LogP contribution in [0.1, 0.15) is 15.9 Å². The van der Waals surface area contributed by atoms with E-state index in [1.165, 1.54) is 27.4 Å². The highest BCUT2D eigenvalue weighted by atomic mass is 32.2. The topological polar surface area (TPSA) is 67.4 Å². The third kappa shape index (κ3) is 6.06. The molecule has 1 aromatic heterocycles. The second-order valence-electron chi connectivity index (χ2n) is 6.39. The van der Waals surface area contributed by atoms with Crippen LogP contribution in [0.4, 0.5) is 0 Å². The molecule has 0 saturated heterocycles. The summed E-state index contributed by atoms with van der Waals surface area (Å²) in [6.07, 6.45) is 0.785. The summed E-state index contributed by atoms with van der Waals surface area (Å²) in [6.45, 7) is 1.53. The van der Waals surface area contributed by atoms with Gasteiger partial charge >= 0.3 is 0 Å². The molecule has 2 amide bonds. The number of thiophene rings is 1. The predicted octanol–water partition coefficient (Wildman–Crippen LogP) is 3.73. The van der Waals surface area contributed by atoms with Gasteiger partial charge in [-0.2, -0.15) is 0 Å². The van der Waals surface area contributed by atoms with E-state index in [0.717, 1.165) is 11.3 Å². The van der Waals surface area contributed by atoms with E-state index in [4.69, 9.17) is 4.74 Å². The number of fused-ring (bicyclic) bond motifs is 1. The predicted molar refractivity (Wildman–Crippen MR) is 120 cm³/mol. The Morgan fingerprint density at radius 1 is 1.03 bits per heavy atom. The van der Waals surface area contributed by atoms with Crippen LogP contribution in [0.25, 0.3) is 10.1 Å². The smallest absolute Gasteiger partial charge is 0.252 e. The minimum absolute atomic E-state index is 0.0772. The van der Waals surface area contributed by atoms with Gasteiger partial charge < -0.3 is 15.4 Å². The Kier molecular flexibility index (Phi) is 8.10. The standard InChI is InChI=1S/C22H24N2O3S2/c1-27-13-12-23-21(25)15-29-20-9-5-3-7-18(20)22(26)24-11-10-16-14-28-19-8-4-2-6-17(16)19/h2-9,14H,10-13,15H2,1H3,(H,23,25)(H,24,26). The van der Waals surface area contributed by atoms with Gasteiger partial charge in [-0.3, -0.25) is 9.59 Å². The molecule has 0 aliphatic rings. The number of thioether (sulfide) groups is 1. The second-order valence-corrected chi connectivity index (χ2v) is 8.32. The summed E-state index contributed by atoms with van der Waals surface area (Å²) in [4.78, 5) is 25.4. The van der Waals surface area contributed by atoms with Crippen LogP contribution >= 0.6 is 23.1 Å². The summed E-state index contributed by atoms with van der Waals surface area (Å²) in [5, 5.41) is 9.20. The Labute approximate surface area is 178 Å². The molecule has 2 aromatic carbocycles.